The number of imidazole rings is 1. The molecular weight excluding hydrogens is 463 g/mol. The summed E-state index contributed by atoms with van der Waals surface area (Å²) in [6, 6.07) is 10.6. The van der Waals surface area contributed by atoms with Crippen LogP contribution in [0, 0.1) is 11.7 Å². The molecule has 1 atom stereocenters. The number of ether oxygens (including phenoxy) is 1. The molecule has 0 N–H and O–H groups in total. The van der Waals surface area contributed by atoms with Crippen LogP contribution in [0.25, 0.3) is 11.0 Å². The van der Waals surface area contributed by atoms with Crippen LogP contribution in [0.1, 0.15) is 19.2 Å². The van der Waals surface area contributed by atoms with Gasteiger partial charge in [0.2, 0.25) is 15.9 Å². The minimum atomic E-state index is -3.62. The minimum Gasteiger partial charge on any atom is -0.457 e. The van der Waals surface area contributed by atoms with Crippen molar-refractivity contribution < 1.29 is 27.1 Å². The van der Waals surface area contributed by atoms with E-state index in [2.05, 4.69) is 4.98 Å². The Labute approximate surface area is 196 Å². The van der Waals surface area contributed by atoms with Crippen molar-refractivity contribution in [1.29, 1.82) is 0 Å². The molecule has 3 aromatic rings. The molecule has 2 aromatic carbocycles. The molecule has 4 rings (SSSR count). The highest BCUT2D eigenvalue weighted by atomic mass is 32.2. The zero-order valence-corrected chi connectivity index (χ0v) is 19.9. The van der Waals surface area contributed by atoms with Crippen LogP contribution >= 0.6 is 0 Å². The molecule has 0 unspecified atom stereocenters. The van der Waals surface area contributed by atoms with Gasteiger partial charge in [-0.25, -0.2) is 22.1 Å². The first kappa shape index (κ1) is 23.8. The van der Waals surface area contributed by atoms with Crippen molar-refractivity contribution in [2.24, 2.45) is 5.92 Å². The Kier molecular flexibility index (Phi) is 6.41. The molecule has 1 aliphatic heterocycles. The smallest absolute Gasteiger partial charge is 0.311 e. The number of sulfonamides is 1. The summed E-state index contributed by atoms with van der Waals surface area (Å²) in [4.78, 5) is 30.9. The summed E-state index contributed by atoms with van der Waals surface area (Å²) in [5.41, 5.74) is 1.32. The number of rotatable bonds is 7. The lowest BCUT2D eigenvalue weighted by Crippen LogP contribution is -2.27. The number of aromatic nitrogens is 2. The number of esters is 1. The number of carbonyl (C=O) groups is 2. The van der Waals surface area contributed by atoms with Gasteiger partial charge in [-0.2, -0.15) is 0 Å². The highest BCUT2D eigenvalue weighted by Crippen LogP contribution is 2.28. The van der Waals surface area contributed by atoms with Gasteiger partial charge in [0.1, 0.15) is 18.2 Å². The van der Waals surface area contributed by atoms with Gasteiger partial charge in [0.05, 0.1) is 27.5 Å². The predicted molar refractivity (Wildman–Crippen MR) is 123 cm³/mol. The quantitative estimate of drug-likeness (QED) is 0.474. The Morgan fingerprint density at radius 3 is 2.65 bits per heavy atom. The van der Waals surface area contributed by atoms with Gasteiger partial charge < -0.3 is 14.2 Å². The van der Waals surface area contributed by atoms with Crippen LogP contribution in [0.15, 0.2) is 47.4 Å². The fourth-order valence-electron chi connectivity index (χ4n) is 4.02. The lowest BCUT2D eigenvalue weighted by Gasteiger charge is -2.17. The van der Waals surface area contributed by atoms with Gasteiger partial charge in [0, 0.05) is 33.6 Å². The maximum absolute atomic E-state index is 14.1. The van der Waals surface area contributed by atoms with Crippen LogP contribution in [-0.2, 0) is 37.5 Å². The molecule has 11 heteroatoms. The van der Waals surface area contributed by atoms with Crippen LogP contribution in [-0.4, -0.2) is 54.8 Å². The third-order valence-electron chi connectivity index (χ3n) is 5.84. The Morgan fingerprint density at radius 2 is 1.97 bits per heavy atom. The highest BCUT2D eigenvalue weighted by molar-refractivity contribution is 7.89. The number of hydrogen-bond donors (Lipinski definition) is 0. The second-order valence-electron chi connectivity index (χ2n) is 8.17. The molecule has 0 radical (unpaired) electrons. The first-order valence-electron chi connectivity index (χ1n) is 10.8. The van der Waals surface area contributed by atoms with Crippen molar-refractivity contribution in [1.82, 2.24) is 13.9 Å². The molecule has 1 fully saturated rings. The number of halogens is 1. The minimum absolute atomic E-state index is 0.0363. The summed E-state index contributed by atoms with van der Waals surface area (Å²) in [6.07, 6.45) is -0.0664. The second-order valence-corrected chi connectivity index (χ2v) is 10.3. The fourth-order valence-corrected chi connectivity index (χ4v) is 4.94. The van der Waals surface area contributed by atoms with Crippen molar-refractivity contribution in [3.8, 4) is 0 Å². The molecule has 0 aliphatic carbocycles. The van der Waals surface area contributed by atoms with Gasteiger partial charge in [-0.05, 0) is 37.3 Å². The number of amides is 1. The van der Waals surface area contributed by atoms with Gasteiger partial charge in [-0.15, -0.1) is 0 Å². The number of fused-ring (bicyclic) bond motifs is 1. The van der Waals surface area contributed by atoms with Gasteiger partial charge in [0.15, 0.2) is 0 Å². The topological polar surface area (TPSA) is 102 Å². The number of anilines is 1. The molecule has 1 saturated heterocycles. The van der Waals surface area contributed by atoms with Gasteiger partial charge in [0.25, 0.3) is 0 Å². The number of carbonyl (C=O) groups excluding carboxylic acids is 2. The van der Waals surface area contributed by atoms with Crippen LogP contribution in [0.2, 0.25) is 0 Å². The lowest BCUT2D eigenvalue weighted by atomic mass is 10.1. The maximum atomic E-state index is 14.1. The van der Waals surface area contributed by atoms with E-state index in [-0.39, 0.29) is 36.1 Å². The van der Waals surface area contributed by atoms with E-state index in [1.54, 1.807) is 12.1 Å². The molecule has 34 heavy (non-hydrogen) atoms. The van der Waals surface area contributed by atoms with Gasteiger partial charge in [-0.1, -0.05) is 12.1 Å². The van der Waals surface area contributed by atoms with E-state index < -0.39 is 27.7 Å². The van der Waals surface area contributed by atoms with E-state index in [9.17, 15) is 22.4 Å². The van der Waals surface area contributed by atoms with E-state index in [1.807, 2.05) is 11.5 Å². The number of benzene rings is 2. The summed E-state index contributed by atoms with van der Waals surface area (Å²) >= 11 is 0. The normalized spacial score (nSPS) is 16.6. The summed E-state index contributed by atoms with van der Waals surface area (Å²) in [7, 11) is -0.708. The number of para-hydroxylation sites is 1. The molecule has 0 spiro atoms. The van der Waals surface area contributed by atoms with E-state index in [0.29, 0.717) is 23.4 Å². The zero-order chi connectivity index (χ0) is 24.6. The Hall–Kier alpha value is -3.31. The lowest BCUT2D eigenvalue weighted by molar-refractivity contribution is -0.150. The van der Waals surface area contributed by atoms with Crippen molar-refractivity contribution in [3.63, 3.8) is 0 Å². The Morgan fingerprint density at radius 1 is 1.24 bits per heavy atom. The summed E-state index contributed by atoms with van der Waals surface area (Å²) < 4.78 is 47.4. The largest absolute Gasteiger partial charge is 0.457 e. The summed E-state index contributed by atoms with van der Waals surface area (Å²) in [5.74, 6) is -1.71. The average Bonchev–Trinajstić information content (AvgIpc) is 3.37. The second kappa shape index (κ2) is 9.15. The van der Waals surface area contributed by atoms with Crippen molar-refractivity contribution in [3.05, 3.63) is 54.1 Å². The summed E-state index contributed by atoms with van der Waals surface area (Å²) in [6.45, 7) is 2.33. The van der Waals surface area contributed by atoms with E-state index >= 15 is 0 Å². The monoisotopic (exact) mass is 488 g/mol. The van der Waals surface area contributed by atoms with Crippen LogP contribution in [0.3, 0.4) is 0 Å². The number of aryl methyl sites for hydroxylation is 1. The number of hydrogen-bond acceptors (Lipinski definition) is 6. The van der Waals surface area contributed by atoms with E-state index in [0.717, 1.165) is 4.31 Å². The highest BCUT2D eigenvalue weighted by Gasteiger charge is 2.37. The summed E-state index contributed by atoms with van der Waals surface area (Å²) in [5, 5.41) is 0. The Bertz CT molecular complexity index is 1370. The average molecular weight is 489 g/mol. The Balaban J connectivity index is 1.50. The first-order valence-corrected chi connectivity index (χ1v) is 12.2. The first-order chi connectivity index (χ1) is 16.1. The zero-order valence-electron chi connectivity index (χ0n) is 19.1. The van der Waals surface area contributed by atoms with Gasteiger partial charge in [-0.3, -0.25) is 9.59 Å². The molecule has 0 bridgehead atoms. The third-order valence-corrected chi connectivity index (χ3v) is 7.65. The molecule has 180 valence electrons. The third kappa shape index (κ3) is 4.28. The van der Waals surface area contributed by atoms with Gasteiger partial charge >= 0.3 is 5.97 Å². The molecule has 1 amide bonds. The van der Waals surface area contributed by atoms with Crippen LogP contribution in [0.5, 0.6) is 0 Å². The molecule has 1 aromatic heterocycles. The standard InChI is InChI=1S/C23H25FN4O5S/c1-4-27-20-10-9-16(34(31,32)26(2)3)12-18(20)25-21(27)14-33-23(30)15-11-22(29)28(13-15)19-8-6-5-7-17(19)24/h5-10,12,15H,4,11,13-14H2,1-3H3/t15-/m1/s1. The maximum Gasteiger partial charge on any atom is 0.311 e. The SMILES string of the molecule is CCn1c(COC(=O)[C@@H]2CC(=O)N(c3ccccc3F)C2)nc2cc(S(=O)(=O)N(C)C)ccc21. The van der Waals surface area contributed by atoms with Crippen molar-refractivity contribution in [2.75, 3.05) is 25.5 Å². The predicted octanol–water partition coefficient (Wildman–Crippen LogP) is 2.54. The molecule has 0 saturated carbocycles. The molecule has 9 nitrogen and oxygen atoms in total. The van der Waals surface area contributed by atoms with E-state index in [4.69, 9.17) is 4.74 Å². The van der Waals surface area contributed by atoms with Crippen LogP contribution in [0.4, 0.5) is 10.1 Å². The van der Waals surface area contributed by atoms with E-state index in [1.165, 1.54) is 49.3 Å². The van der Waals surface area contributed by atoms with Crippen LogP contribution < -0.4 is 4.90 Å². The van der Waals surface area contributed by atoms with Crippen molar-refractivity contribution >= 4 is 38.6 Å². The molecule has 1 aliphatic rings. The molecular formula is C23H25FN4O5S. The number of nitrogens with zero attached hydrogens (tertiary/aromatic N) is 4. The fraction of sp³-hybridized carbons (Fsp3) is 0.348. The van der Waals surface area contributed by atoms with Crippen molar-refractivity contribution in [2.45, 2.75) is 31.4 Å². The molecule has 2 heterocycles.